The Kier molecular flexibility index (Phi) is 4.43. The first-order valence-electron chi connectivity index (χ1n) is 4.21. The highest BCUT2D eigenvalue weighted by Crippen LogP contribution is 2.23. The van der Waals surface area contributed by atoms with Crippen molar-refractivity contribution >= 4 is 17.4 Å². The van der Waals surface area contributed by atoms with Gasteiger partial charge in [-0.15, -0.1) is 0 Å². The molecule has 0 radical (unpaired) electrons. The number of thioether (sulfide) groups is 1. The zero-order valence-electron chi connectivity index (χ0n) is 8.05. The van der Waals surface area contributed by atoms with E-state index in [9.17, 15) is 17.6 Å². The summed E-state index contributed by atoms with van der Waals surface area (Å²) in [6.45, 7) is -1.31. The van der Waals surface area contributed by atoms with Crippen LogP contribution in [0.2, 0.25) is 0 Å². The molecule has 0 heterocycles. The van der Waals surface area contributed by atoms with E-state index in [4.69, 9.17) is 5.73 Å². The van der Waals surface area contributed by atoms with E-state index in [1.807, 2.05) is 0 Å². The highest BCUT2D eigenvalue weighted by molar-refractivity contribution is 7.99. The number of hydrogen-bond acceptors (Lipinski definition) is 3. The van der Waals surface area contributed by atoms with Gasteiger partial charge in [0, 0.05) is 4.90 Å². The van der Waals surface area contributed by atoms with E-state index in [0.717, 1.165) is 17.8 Å². The van der Waals surface area contributed by atoms with Crippen molar-refractivity contribution in [1.29, 1.82) is 0 Å². The van der Waals surface area contributed by atoms with E-state index in [2.05, 4.69) is 4.74 Å². The second-order valence-corrected chi connectivity index (χ2v) is 3.90. The van der Waals surface area contributed by atoms with Crippen LogP contribution in [-0.2, 0) is 4.74 Å². The van der Waals surface area contributed by atoms with Crippen molar-refractivity contribution in [3.05, 3.63) is 24.0 Å². The molecule has 2 nitrogen and oxygen atoms in total. The van der Waals surface area contributed by atoms with Crippen LogP contribution in [-0.4, -0.2) is 18.7 Å². The van der Waals surface area contributed by atoms with Gasteiger partial charge in [-0.2, -0.15) is 13.2 Å². The molecular formula is C9H9F4NOS. The molecule has 0 unspecified atom stereocenters. The number of anilines is 1. The van der Waals surface area contributed by atoms with Crippen molar-refractivity contribution in [2.45, 2.75) is 11.1 Å². The third kappa shape index (κ3) is 4.71. The Morgan fingerprint density at radius 2 is 2.00 bits per heavy atom. The fourth-order valence-electron chi connectivity index (χ4n) is 0.865. The summed E-state index contributed by atoms with van der Waals surface area (Å²) in [5.74, 6) is -0.788. The standard InChI is InChI=1S/C9H9F4NOS/c10-7-3-6(1-2-8(7)14)16-5-15-4-9(11,12)13/h1-3H,4-5,14H2. The predicted molar refractivity (Wildman–Crippen MR) is 53.5 cm³/mol. The van der Waals surface area contributed by atoms with Crippen LogP contribution in [0.1, 0.15) is 0 Å². The van der Waals surface area contributed by atoms with Crippen molar-refractivity contribution in [1.82, 2.24) is 0 Å². The molecule has 0 aromatic heterocycles. The van der Waals surface area contributed by atoms with Crippen molar-refractivity contribution in [2.24, 2.45) is 0 Å². The molecule has 0 atom stereocenters. The Hall–Kier alpha value is -0.950. The van der Waals surface area contributed by atoms with Crippen LogP contribution in [0.3, 0.4) is 0 Å². The van der Waals surface area contributed by atoms with Crippen molar-refractivity contribution in [3.8, 4) is 0 Å². The van der Waals surface area contributed by atoms with E-state index in [1.54, 1.807) is 0 Å². The Morgan fingerprint density at radius 3 is 2.56 bits per heavy atom. The Bertz CT molecular complexity index is 356. The van der Waals surface area contributed by atoms with Gasteiger partial charge in [0.2, 0.25) is 0 Å². The summed E-state index contributed by atoms with van der Waals surface area (Å²) in [6.07, 6.45) is -4.34. The fraction of sp³-hybridized carbons (Fsp3) is 0.333. The largest absolute Gasteiger partial charge is 0.411 e. The lowest BCUT2D eigenvalue weighted by Gasteiger charge is -2.07. The lowest BCUT2D eigenvalue weighted by Crippen LogP contribution is -2.16. The van der Waals surface area contributed by atoms with E-state index < -0.39 is 18.6 Å². The molecule has 0 saturated heterocycles. The molecule has 0 fully saturated rings. The van der Waals surface area contributed by atoms with Crippen LogP contribution in [0.4, 0.5) is 23.2 Å². The highest BCUT2D eigenvalue weighted by Gasteiger charge is 2.27. The van der Waals surface area contributed by atoms with Gasteiger partial charge in [0.15, 0.2) is 0 Å². The first-order chi connectivity index (χ1) is 7.38. The summed E-state index contributed by atoms with van der Waals surface area (Å²) in [5.41, 5.74) is 5.24. The average Bonchev–Trinajstić information content (AvgIpc) is 2.17. The minimum atomic E-state index is -4.34. The van der Waals surface area contributed by atoms with Gasteiger partial charge >= 0.3 is 6.18 Å². The molecule has 0 aliphatic carbocycles. The van der Waals surface area contributed by atoms with Gasteiger partial charge in [-0.25, -0.2) is 4.39 Å². The number of hydrogen-bond donors (Lipinski definition) is 1. The molecule has 0 spiro atoms. The summed E-state index contributed by atoms with van der Waals surface area (Å²) >= 11 is 0.966. The summed E-state index contributed by atoms with van der Waals surface area (Å²) in [7, 11) is 0. The number of rotatable bonds is 4. The van der Waals surface area contributed by atoms with Gasteiger partial charge in [0.1, 0.15) is 12.4 Å². The third-order valence-electron chi connectivity index (χ3n) is 1.55. The maximum absolute atomic E-state index is 12.9. The summed E-state index contributed by atoms with van der Waals surface area (Å²) < 4.78 is 52.3. The van der Waals surface area contributed by atoms with E-state index in [-0.39, 0.29) is 11.6 Å². The number of ether oxygens (including phenoxy) is 1. The molecule has 0 bridgehead atoms. The number of nitrogens with two attached hydrogens (primary N) is 1. The normalized spacial score (nSPS) is 11.8. The van der Waals surface area contributed by atoms with Crippen LogP contribution in [0, 0.1) is 5.82 Å². The van der Waals surface area contributed by atoms with Crippen molar-refractivity contribution < 1.29 is 22.3 Å². The maximum atomic E-state index is 12.9. The third-order valence-corrected chi connectivity index (χ3v) is 2.42. The summed E-state index contributed by atoms with van der Waals surface area (Å²) in [6, 6.07) is 4.01. The van der Waals surface area contributed by atoms with E-state index in [0.29, 0.717) is 4.90 Å². The van der Waals surface area contributed by atoms with Crippen molar-refractivity contribution in [3.63, 3.8) is 0 Å². The van der Waals surface area contributed by atoms with Crippen LogP contribution < -0.4 is 5.73 Å². The first kappa shape index (κ1) is 13.1. The number of halogens is 4. The minimum absolute atomic E-state index is 0.000518. The molecule has 90 valence electrons. The van der Waals surface area contributed by atoms with Crippen LogP contribution in [0.5, 0.6) is 0 Å². The molecule has 1 rings (SSSR count). The van der Waals surface area contributed by atoms with Gasteiger partial charge in [-0.1, -0.05) is 11.8 Å². The lowest BCUT2D eigenvalue weighted by atomic mass is 10.3. The highest BCUT2D eigenvalue weighted by atomic mass is 32.2. The summed E-state index contributed by atoms with van der Waals surface area (Å²) in [4.78, 5) is 0.467. The molecule has 1 aromatic rings. The SMILES string of the molecule is Nc1ccc(SCOCC(F)(F)F)cc1F. The Labute approximate surface area is 93.8 Å². The van der Waals surface area contributed by atoms with Gasteiger partial charge in [-0.05, 0) is 18.2 Å². The molecule has 0 aliphatic rings. The van der Waals surface area contributed by atoms with Gasteiger partial charge in [0.05, 0.1) is 11.6 Å². The number of alkyl halides is 3. The fourth-order valence-corrected chi connectivity index (χ4v) is 1.52. The zero-order chi connectivity index (χ0) is 12.2. The van der Waals surface area contributed by atoms with Crippen molar-refractivity contribution in [2.75, 3.05) is 18.3 Å². The van der Waals surface area contributed by atoms with E-state index >= 15 is 0 Å². The molecule has 7 heteroatoms. The zero-order valence-corrected chi connectivity index (χ0v) is 8.87. The smallest absolute Gasteiger partial charge is 0.396 e. The summed E-state index contributed by atoms with van der Waals surface area (Å²) in [5, 5.41) is 0. The molecular weight excluding hydrogens is 246 g/mol. The number of benzene rings is 1. The van der Waals surface area contributed by atoms with Gasteiger partial charge in [-0.3, -0.25) is 0 Å². The molecule has 1 aromatic carbocycles. The lowest BCUT2D eigenvalue weighted by molar-refractivity contribution is -0.168. The molecule has 0 amide bonds. The van der Waals surface area contributed by atoms with Crippen LogP contribution in [0.25, 0.3) is 0 Å². The minimum Gasteiger partial charge on any atom is -0.396 e. The molecule has 16 heavy (non-hydrogen) atoms. The van der Waals surface area contributed by atoms with Crippen LogP contribution in [0.15, 0.2) is 23.1 Å². The molecule has 0 aliphatic heterocycles. The molecule has 2 N–H and O–H groups in total. The van der Waals surface area contributed by atoms with Crippen LogP contribution >= 0.6 is 11.8 Å². The second kappa shape index (κ2) is 5.40. The van der Waals surface area contributed by atoms with Gasteiger partial charge < -0.3 is 10.5 Å². The monoisotopic (exact) mass is 255 g/mol. The quantitative estimate of drug-likeness (QED) is 0.295. The average molecular weight is 255 g/mol. The Balaban J connectivity index is 2.35. The van der Waals surface area contributed by atoms with E-state index in [1.165, 1.54) is 12.1 Å². The maximum Gasteiger partial charge on any atom is 0.411 e. The Morgan fingerprint density at radius 1 is 1.31 bits per heavy atom. The predicted octanol–water partition coefficient (Wildman–Crippen LogP) is 3.04. The topological polar surface area (TPSA) is 35.2 Å². The van der Waals surface area contributed by atoms with Gasteiger partial charge in [0.25, 0.3) is 0 Å². The second-order valence-electron chi connectivity index (χ2n) is 2.91. The first-order valence-corrected chi connectivity index (χ1v) is 5.19. The molecule has 0 saturated carbocycles. The number of nitrogen functional groups attached to an aromatic ring is 1.